The Morgan fingerprint density at radius 3 is 2.42 bits per heavy atom. The molecule has 0 aromatic heterocycles. The van der Waals surface area contributed by atoms with Gasteiger partial charge in [-0.25, -0.2) is 12.7 Å². The van der Waals surface area contributed by atoms with Gasteiger partial charge >= 0.3 is 0 Å². The van der Waals surface area contributed by atoms with Gasteiger partial charge in [-0.1, -0.05) is 35.9 Å². The first kappa shape index (κ1) is 25.2. The van der Waals surface area contributed by atoms with Crippen LogP contribution >= 0.6 is 11.6 Å². The number of methoxy groups -OCH3 is 1. The highest BCUT2D eigenvalue weighted by atomic mass is 35.5. The number of rotatable bonds is 9. The molecule has 178 valence electrons. The molecule has 0 unspecified atom stereocenters. The second-order valence-electron chi connectivity index (χ2n) is 7.84. The Morgan fingerprint density at radius 1 is 1.09 bits per heavy atom. The lowest BCUT2D eigenvalue weighted by atomic mass is 9.97. The average Bonchev–Trinajstić information content (AvgIpc) is 2.81. The van der Waals surface area contributed by atoms with Crippen molar-refractivity contribution in [2.75, 3.05) is 38.7 Å². The van der Waals surface area contributed by atoms with Crippen molar-refractivity contribution in [3.05, 3.63) is 64.7 Å². The van der Waals surface area contributed by atoms with Crippen LogP contribution in [0.5, 0.6) is 0 Å². The van der Waals surface area contributed by atoms with E-state index in [1.165, 1.54) is 4.31 Å². The smallest absolute Gasteiger partial charge is 0.253 e. The maximum atomic E-state index is 12.8. The second-order valence-corrected chi connectivity index (χ2v) is 10.2. The SMILES string of the molecule is COCCNC(=O)c1ccccc1NC(=O)C1CCN(S(=O)(=O)Cc2ccc(Cl)cc2)CC1. The van der Waals surface area contributed by atoms with Crippen molar-refractivity contribution in [2.24, 2.45) is 5.92 Å². The third kappa shape index (κ3) is 7.01. The van der Waals surface area contributed by atoms with E-state index in [0.717, 1.165) is 0 Å². The topological polar surface area (TPSA) is 105 Å². The zero-order chi connectivity index (χ0) is 23.8. The van der Waals surface area contributed by atoms with Gasteiger partial charge in [-0.05, 0) is 42.7 Å². The van der Waals surface area contributed by atoms with Gasteiger partial charge in [0.1, 0.15) is 0 Å². The Balaban J connectivity index is 1.56. The molecular formula is C23H28ClN3O5S. The highest BCUT2D eigenvalue weighted by Gasteiger charge is 2.31. The number of hydrogen-bond donors (Lipinski definition) is 2. The number of benzene rings is 2. The molecule has 1 aliphatic heterocycles. The number of nitrogens with one attached hydrogen (secondary N) is 2. The van der Waals surface area contributed by atoms with Crippen LogP contribution in [-0.4, -0.2) is 57.9 Å². The number of ether oxygens (including phenoxy) is 1. The molecule has 1 fully saturated rings. The van der Waals surface area contributed by atoms with Crippen molar-refractivity contribution in [1.82, 2.24) is 9.62 Å². The van der Waals surface area contributed by atoms with Crippen molar-refractivity contribution in [3.8, 4) is 0 Å². The van der Waals surface area contributed by atoms with Crippen molar-refractivity contribution < 1.29 is 22.7 Å². The maximum Gasteiger partial charge on any atom is 0.253 e. The van der Waals surface area contributed by atoms with E-state index in [1.54, 1.807) is 55.6 Å². The van der Waals surface area contributed by atoms with E-state index in [-0.39, 0.29) is 36.6 Å². The van der Waals surface area contributed by atoms with E-state index < -0.39 is 10.0 Å². The number of sulfonamides is 1. The summed E-state index contributed by atoms with van der Waals surface area (Å²) < 4.78 is 31.9. The molecule has 2 N–H and O–H groups in total. The second kappa shape index (κ2) is 11.6. The first-order valence-electron chi connectivity index (χ1n) is 10.7. The lowest BCUT2D eigenvalue weighted by molar-refractivity contribution is -0.120. The summed E-state index contributed by atoms with van der Waals surface area (Å²) >= 11 is 5.87. The predicted molar refractivity (Wildman–Crippen MR) is 128 cm³/mol. The normalized spacial score (nSPS) is 15.2. The minimum absolute atomic E-state index is 0.105. The fraction of sp³-hybridized carbons (Fsp3) is 0.391. The monoisotopic (exact) mass is 493 g/mol. The Hall–Kier alpha value is -2.46. The van der Waals surface area contributed by atoms with Crippen molar-refractivity contribution in [3.63, 3.8) is 0 Å². The number of anilines is 1. The Bertz CT molecular complexity index is 1070. The van der Waals surface area contributed by atoms with Gasteiger partial charge < -0.3 is 15.4 Å². The molecule has 2 amide bonds. The molecule has 8 nitrogen and oxygen atoms in total. The lowest BCUT2D eigenvalue weighted by Gasteiger charge is -2.30. The van der Waals surface area contributed by atoms with Gasteiger partial charge in [0, 0.05) is 37.7 Å². The van der Waals surface area contributed by atoms with E-state index in [4.69, 9.17) is 16.3 Å². The van der Waals surface area contributed by atoms with Gasteiger partial charge in [-0.3, -0.25) is 9.59 Å². The molecule has 10 heteroatoms. The zero-order valence-electron chi connectivity index (χ0n) is 18.4. The van der Waals surface area contributed by atoms with Crippen molar-refractivity contribution in [2.45, 2.75) is 18.6 Å². The number of amides is 2. The summed E-state index contributed by atoms with van der Waals surface area (Å²) in [6, 6.07) is 13.5. The largest absolute Gasteiger partial charge is 0.383 e. The van der Waals surface area contributed by atoms with Crippen LogP contribution in [0.25, 0.3) is 0 Å². The molecule has 3 rings (SSSR count). The summed E-state index contributed by atoms with van der Waals surface area (Å²) in [7, 11) is -1.94. The van der Waals surface area contributed by atoms with E-state index >= 15 is 0 Å². The van der Waals surface area contributed by atoms with Crippen LogP contribution in [0.2, 0.25) is 5.02 Å². The standard InChI is InChI=1S/C23H28ClN3O5S/c1-32-15-12-25-23(29)20-4-2-3-5-21(20)26-22(28)18-10-13-27(14-11-18)33(30,31)16-17-6-8-19(24)9-7-17/h2-9,18H,10-16H2,1H3,(H,25,29)(H,26,28). The van der Waals surface area contributed by atoms with E-state index in [0.29, 0.717) is 47.8 Å². The van der Waals surface area contributed by atoms with Crippen molar-refractivity contribution >= 4 is 39.1 Å². The van der Waals surface area contributed by atoms with Gasteiger partial charge in [-0.15, -0.1) is 0 Å². The highest BCUT2D eigenvalue weighted by Crippen LogP contribution is 2.24. The summed E-state index contributed by atoms with van der Waals surface area (Å²) in [6.45, 7) is 1.29. The minimum atomic E-state index is -3.49. The van der Waals surface area contributed by atoms with Crippen molar-refractivity contribution in [1.29, 1.82) is 0 Å². The molecule has 0 bridgehead atoms. The molecule has 0 spiro atoms. The van der Waals surface area contributed by atoms with E-state index in [2.05, 4.69) is 10.6 Å². The number of piperidine rings is 1. The van der Waals surface area contributed by atoms with E-state index in [1.807, 2.05) is 0 Å². The number of carbonyl (C=O) groups excluding carboxylic acids is 2. The van der Waals surface area contributed by atoms with Crippen LogP contribution in [0.15, 0.2) is 48.5 Å². The molecule has 1 heterocycles. The summed E-state index contributed by atoms with van der Waals surface area (Å²) in [4.78, 5) is 25.3. The molecule has 0 atom stereocenters. The molecule has 1 aliphatic rings. The van der Waals surface area contributed by atoms with Crippen LogP contribution in [0.3, 0.4) is 0 Å². The first-order chi connectivity index (χ1) is 15.8. The quantitative estimate of drug-likeness (QED) is 0.522. The number of para-hydroxylation sites is 1. The molecule has 2 aromatic rings. The van der Waals surface area contributed by atoms with Gasteiger partial charge in [-0.2, -0.15) is 0 Å². The maximum absolute atomic E-state index is 12.8. The van der Waals surface area contributed by atoms with Crippen LogP contribution in [0.4, 0.5) is 5.69 Å². The summed E-state index contributed by atoms with van der Waals surface area (Å²) in [6.07, 6.45) is 0.821. The molecule has 1 saturated heterocycles. The molecule has 0 saturated carbocycles. The van der Waals surface area contributed by atoms with Crippen LogP contribution in [0, 0.1) is 5.92 Å². The Kier molecular flexibility index (Phi) is 8.85. The van der Waals surface area contributed by atoms with Crippen LogP contribution < -0.4 is 10.6 Å². The average molecular weight is 494 g/mol. The van der Waals surface area contributed by atoms with Crippen LogP contribution in [-0.2, 0) is 25.3 Å². The number of nitrogens with zero attached hydrogens (tertiary/aromatic N) is 1. The molecular weight excluding hydrogens is 466 g/mol. The summed E-state index contributed by atoms with van der Waals surface area (Å²) in [5.74, 6) is -0.961. The third-order valence-electron chi connectivity index (χ3n) is 5.50. The molecule has 0 radical (unpaired) electrons. The Morgan fingerprint density at radius 2 is 1.76 bits per heavy atom. The Labute approximate surface area is 199 Å². The van der Waals surface area contributed by atoms with Gasteiger partial charge in [0.25, 0.3) is 5.91 Å². The summed E-state index contributed by atoms with van der Waals surface area (Å²) in [5, 5.41) is 6.13. The molecule has 33 heavy (non-hydrogen) atoms. The first-order valence-corrected chi connectivity index (χ1v) is 12.7. The van der Waals surface area contributed by atoms with Gasteiger partial charge in [0.15, 0.2) is 0 Å². The predicted octanol–water partition coefficient (Wildman–Crippen LogP) is 2.90. The fourth-order valence-electron chi connectivity index (χ4n) is 3.67. The fourth-order valence-corrected chi connectivity index (χ4v) is 5.35. The zero-order valence-corrected chi connectivity index (χ0v) is 20.0. The molecule has 0 aliphatic carbocycles. The number of carbonyl (C=O) groups is 2. The van der Waals surface area contributed by atoms with Gasteiger partial charge in [0.2, 0.25) is 15.9 Å². The minimum Gasteiger partial charge on any atom is -0.383 e. The van der Waals surface area contributed by atoms with Gasteiger partial charge in [0.05, 0.1) is 23.6 Å². The van der Waals surface area contributed by atoms with Crippen LogP contribution in [0.1, 0.15) is 28.8 Å². The third-order valence-corrected chi connectivity index (χ3v) is 7.60. The number of hydrogen-bond acceptors (Lipinski definition) is 5. The van der Waals surface area contributed by atoms with E-state index in [9.17, 15) is 18.0 Å². The molecule has 2 aromatic carbocycles. The number of halogens is 1. The summed E-state index contributed by atoms with van der Waals surface area (Å²) in [5.41, 5.74) is 1.46. The lowest BCUT2D eigenvalue weighted by Crippen LogP contribution is -2.42. The highest BCUT2D eigenvalue weighted by molar-refractivity contribution is 7.88.